The highest BCUT2D eigenvalue weighted by atomic mass is 79.9. The number of nitrogens with two attached hydrogens (primary N) is 1. The summed E-state index contributed by atoms with van der Waals surface area (Å²) in [6, 6.07) is 10.2. The zero-order valence-electron chi connectivity index (χ0n) is 15.7. The smallest absolute Gasteiger partial charge is 0.282 e. The number of amides is 1. The molecule has 9 heteroatoms. The summed E-state index contributed by atoms with van der Waals surface area (Å²) in [6.45, 7) is 3.57. The number of benzene rings is 2. The van der Waals surface area contributed by atoms with Gasteiger partial charge < -0.3 is 10.5 Å². The third kappa shape index (κ3) is 4.83. The van der Waals surface area contributed by atoms with E-state index in [-0.39, 0.29) is 18.1 Å². The molecule has 0 bridgehead atoms. The zero-order valence-corrected chi connectivity index (χ0v) is 18.1. The van der Waals surface area contributed by atoms with Crippen LogP contribution in [0, 0.1) is 0 Å². The van der Waals surface area contributed by atoms with Crippen LogP contribution < -0.4 is 16.0 Å². The van der Waals surface area contributed by atoms with E-state index in [1.807, 2.05) is 19.9 Å². The van der Waals surface area contributed by atoms with Gasteiger partial charge in [0.15, 0.2) is 6.61 Å². The van der Waals surface area contributed by atoms with Crippen molar-refractivity contribution in [2.24, 2.45) is 10.8 Å². The monoisotopic (exact) mass is 476 g/mol. The number of fused-ring (bicyclic) bond motifs is 1. The highest BCUT2D eigenvalue weighted by Gasteiger charge is 2.14. The maximum absolute atomic E-state index is 13.1. The molecule has 0 unspecified atom stereocenters. The summed E-state index contributed by atoms with van der Waals surface area (Å²) in [5.41, 5.74) is 5.94. The Morgan fingerprint density at radius 2 is 2.10 bits per heavy atom. The molecule has 29 heavy (non-hydrogen) atoms. The van der Waals surface area contributed by atoms with Crippen molar-refractivity contribution < 1.29 is 9.53 Å². The second-order valence-corrected chi connectivity index (χ2v) is 7.94. The lowest BCUT2D eigenvalue weighted by atomic mass is 10.2. The second-order valence-electron chi connectivity index (χ2n) is 6.58. The van der Waals surface area contributed by atoms with Gasteiger partial charge in [-0.3, -0.25) is 9.59 Å². The summed E-state index contributed by atoms with van der Waals surface area (Å²) >= 11 is 9.45. The average Bonchev–Trinajstić information content (AvgIpc) is 2.66. The van der Waals surface area contributed by atoms with Crippen LogP contribution >= 0.6 is 27.5 Å². The van der Waals surface area contributed by atoms with Gasteiger partial charge in [0.1, 0.15) is 11.6 Å². The molecule has 0 aliphatic rings. The predicted octanol–water partition coefficient (Wildman–Crippen LogP) is 3.68. The molecule has 1 heterocycles. The third-order valence-corrected chi connectivity index (χ3v) is 4.73. The van der Waals surface area contributed by atoms with E-state index in [0.717, 1.165) is 4.47 Å². The number of nitrogens with zero attached hydrogens (tertiary/aromatic N) is 3. The number of aromatic nitrogens is 2. The molecule has 3 aromatic rings. The normalized spacial score (nSPS) is 11.5. The van der Waals surface area contributed by atoms with Crippen molar-refractivity contribution in [3.8, 4) is 5.75 Å². The van der Waals surface area contributed by atoms with Crippen LogP contribution in [-0.2, 0) is 4.79 Å². The van der Waals surface area contributed by atoms with Gasteiger partial charge in [-0.05, 0) is 36.4 Å². The number of hydrogen-bond donors (Lipinski definition) is 1. The highest BCUT2D eigenvalue weighted by Crippen LogP contribution is 2.22. The number of halogens is 2. The number of primary amides is 1. The van der Waals surface area contributed by atoms with Gasteiger partial charge in [0.2, 0.25) is 0 Å². The lowest BCUT2D eigenvalue weighted by molar-refractivity contribution is -0.119. The second kappa shape index (κ2) is 8.75. The van der Waals surface area contributed by atoms with Crippen LogP contribution in [0.25, 0.3) is 10.9 Å². The first-order valence-corrected chi connectivity index (χ1v) is 9.90. The van der Waals surface area contributed by atoms with Gasteiger partial charge in [-0.25, -0.2) is 4.98 Å². The van der Waals surface area contributed by atoms with Crippen LogP contribution in [0.2, 0.25) is 5.02 Å². The molecular formula is C20H18BrClN4O3. The number of carbonyl (C=O) groups is 1. The molecule has 0 atom stereocenters. The zero-order chi connectivity index (χ0) is 21.1. The summed E-state index contributed by atoms with van der Waals surface area (Å²) in [7, 11) is 0. The highest BCUT2D eigenvalue weighted by molar-refractivity contribution is 9.10. The Labute approximate surface area is 180 Å². The summed E-state index contributed by atoms with van der Waals surface area (Å²) in [6.07, 6.45) is 1.45. The number of rotatable bonds is 6. The molecule has 0 saturated carbocycles. The molecule has 1 aromatic heterocycles. The van der Waals surface area contributed by atoms with Crippen LogP contribution in [0.3, 0.4) is 0 Å². The number of ether oxygens (including phenoxy) is 1. The van der Waals surface area contributed by atoms with Crippen molar-refractivity contribution >= 4 is 50.6 Å². The maximum atomic E-state index is 13.1. The van der Waals surface area contributed by atoms with Crippen molar-refractivity contribution in [1.82, 2.24) is 9.66 Å². The maximum Gasteiger partial charge on any atom is 0.282 e. The van der Waals surface area contributed by atoms with Crippen LogP contribution in [0.15, 0.2) is 50.8 Å². The molecule has 2 aromatic carbocycles. The Balaban J connectivity index is 2.12. The van der Waals surface area contributed by atoms with Gasteiger partial charge in [-0.1, -0.05) is 41.4 Å². The van der Waals surface area contributed by atoms with Crippen molar-refractivity contribution in [2.45, 2.75) is 19.8 Å². The van der Waals surface area contributed by atoms with Gasteiger partial charge in [0, 0.05) is 21.0 Å². The fourth-order valence-electron chi connectivity index (χ4n) is 2.67. The Kier molecular flexibility index (Phi) is 6.34. The number of hydrogen-bond acceptors (Lipinski definition) is 5. The first-order chi connectivity index (χ1) is 13.8. The van der Waals surface area contributed by atoms with E-state index < -0.39 is 5.91 Å². The molecule has 0 fully saturated rings. The summed E-state index contributed by atoms with van der Waals surface area (Å²) < 4.78 is 7.44. The van der Waals surface area contributed by atoms with Crippen LogP contribution in [-0.4, -0.2) is 28.4 Å². The minimum absolute atomic E-state index is 0.0437. The fraction of sp³-hybridized carbons (Fsp3) is 0.200. The number of carbonyl (C=O) groups excluding carboxylic acids is 1. The Hall–Kier alpha value is -2.71. The molecule has 1 amide bonds. The van der Waals surface area contributed by atoms with E-state index in [0.29, 0.717) is 33.1 Å². The van der Waals surface area contributed by atoms with Crippen LogP contribution in [0.5, 0.6) is 5.75 Å². The minimum Gasteiger partial charge on any atom is -0.483 e. The molecule has 150 valence electrons. The lowest BCUT2D eigenvalue weighted by Crippen LogP contribution is -2.23. The van der Waals surface area contributed by atoms with Gasteiger partial charge in [0.05, 0.1) is 17.1 Å². The van der Waals surface area contributed by atoms with Gasteiger partial charge >= 0.3 is 0 Å². The van der Waals surface area contributed by atoms with Gasteiger partial charge in [0.25, 0.3) is 11.5 Å². The van der Waals surface area contributed by atoms with E-state index in [1.54, 1.807) is 30.3 Å². The Morgan fingerprint density at radius 1 is 1.34 bits per heavy atom. The first-order valence-electron chi connectivity index (χ1n) is 8.73. The predicted molar refractivity (Wildman–Crippen MR) is 117 cm³/mol. The first kappa shape index (κ1) is 21.0. The molecule has 0 radical (unpaired) electrons. The molecule has 0 aliphatic heterocycles. The summed E-state index contributed by atoms with van der Waals surface area (Å²) in [5.74, 6) is 0.235. The SMILES string of the molecule is CC(C)c1nc2ccc(Br)cc2c(=O)n1N=Cc1cc(Cl)ccc1OCC(N)=O. The van der Waals surface area contributed by atoms with Crippen molar-refractivity contribution in [2.75, 3.05) is 6.61 Å². The standard InChI is InChI=1S/C20H18BrClN4O3/c1-11(2)19-25-16-5-3-13(21)8-15(16)20(28)26(19)24-9-12-7-14(22)4-6-17(12)29-10-18(23)27/h3-9,11H,10H2,1-2H3,(H2,23,27). The fourth-order valence-corrected chi connectivity index (χ4v) is 3.21. The van der Waals surface area contributed by atoms with Gasteiger partial charge in [-0.2, -0.15) is 9.78 Å². The minimum atomic E-state index is -0.606. The van der Waals surface area contributed by atoms with E-state index >= 15 is 0 Å². The molecule has 0 spiro atoms. The largest absolute Gasteiger partial charge is 0.483 e. The molecule has 0 aliphatic carbocycles. The average molecular weight is 478 g/mol. The molecular weight excluding hydrogens is 460 g/mol. The van der Waals surface area contributed by atoms with Crippen molar-refractivity contribution in [3.05, 3.63) is 67.6 Å². The van der Waals surface area contributed by atoms with Crippen LogP contribution in [0.4, 0.5) is 0 Å². The Bertz CT molecular complexity index is 1170. The van der Waals surface area contributed by atoms with Crippen molar-refractivity contribution in [3.63, 3.8) is 0 Å². The topological polar surface area (TPSA) is 99.6 Å². The summed E-state index contributed by atoms with van der Waals surface area (Å²) in [5, 5.41) is 5.25. The van der Waals surface area contributed by atoms with E-state index in [1.165, 1.54) is 10.9 Å². The third-order valence-electron chi connectivity index (χ3n) is 4.00. The Morgan fingerprint density at radius 3 is 2.79 bits per heavy atom. The molecule has 7 nitrogen and oxygen atoms in total. The van der Waals surface area contributed by atoms with Crippen molar-refractivity contribution in [1.29, 1.82) is 0 Å². The molecule has 3 rings (SSSR count). The summed E-state index contributed by atoms with van der Waals surface area (Å²) in [4.78, 5) is 28.7. The van der Waals surface area contributed by atoms with Gasteiger partial charge in [-0.15, -0.1) is 0 Å². The lowest BCUT2D eigenvalue weighted by Gasteiger charge is -2.12. The van der Waals surface area contributed by atoms with E-state index in [4.69, 9.17) is 22.1 Å². The van der Waals surface area contributed by atoms with Crippen LogP contribution in [0.1, 0.15) is 31.2 Å². The van der Waals surface area contributed by atoms with E-state index in [9.17, 15) is 9.59 Å². The quantitative estimate of drug-likeness (QED) is 0.547. The molecule has 0 saturated heterocycles. The van der Waals surface area contributed by atoms with E-state index in [2.05, 4.69) is 26.0 Å². The molecule has 2 N–H and O–H groups in total.